The van der Waals surface area contributed by atoms with Crippen molar-refractivity contribution in [2.75, 3.05) is 13.1 Å². The van der Waals surface area contributed by atoms with Crippen molar-refractivity contribution in [1.82, 2.24) is 0 Å². The molecule has 0 radical (unpaired) electrons. The first-order valence-electron chi connectivity index (χ1n) is 13.3. The SMILES string of the molecule is CC(C)(C)OC(=O)OC(C(=O)OC1CC2CCC(C1)[N+]21CCCC1)(c1ccccc1)c1ccccc1. The molecule has 2 aromatic rings. The molecule has 0 aromatic heterocycles. The van der Waals surface area contributed by atoms with E-state index in [1.165, 1.54) is 43.3 Å². The van der Waals surface area contributed by atoms with Gasteiger partial charge >= 0.3 is 12.1 Å². The molecular formula is C30H38NO5+. The second-order valence-corrected chi connectivity index (χ2v) is 11.6. The summed E-state index contributed by atoms with van der Waals surface area (Å²) in [6, 6.07) is 19.4. The predicted molar refractivity (Wildman–Crippen MR) is 136 cm³/mol. The molecule has 6 nitrogen and oxygen atoms in total. The highest BCUT2D eigenvalue weighted by atomic mass is 16.7. The average molecular weight is 493 g/mol. The summed E-state index contributed by atoms with van der Waals surface area (Å²) in [6.45, 7) is 7.84. The smallest absolute Gasteiger partial charge is 0.458 e. The molecule has 5 rings (SSSR count). The van der Waals surface area contributed by atoms with Crippen LogP contribution in [0.25, 0.3) is 0 Å². The molecule has 2 unspecified atom stereocenters. The predicted octanol–water partition coefficient (Wildman–Crippen LogP) is 5.73. The van der Waals surface area contributed by atoms with E-state index in [1.807, 2.05) is 36.4 Å². The molecule has 2 bridgehead atoms. The van der Waals surface area contributed by atoms with Crippen molar-refractivity contribution in [3.05, 3.63) is 71.8 Å². The van der Waals surface area contributed by atoms with E-state index in [4.69, 9.17) is 14.2 Å². The van der Waals surface area contributed by atoms with Crippen molar-refractivity contribution in [3.8, 4) is 0 Å². The van der Waals surface area contributed by atoms with Crippen molar-refractivity contribution in [2.24, 2.45) is 0 Å². The molecule has 3 saturated heterocycles. The first-order valence-corrected chi connectivity index (χ1v) is 13.3. The molecule has 0 amide bonds. The Hall–Kier alpha value is -2.86. The lowest BCUT2D eigenvalue weighted by Gasteiger charge is -2.47. The molecule has 6 heteroatoms. The van der Waals surface area contributed by atoms with Gasteiger partial charge in [-0.05, 0) is 20.8 Å². The van der Waals surface area contributed by atoms with Crippen LogP contribution in [0.5, 0.6) is 0 Å². The lowest BCUT2D eigenvalue weighted by atomic mass is 9.85. The van der Waals surface area contributed by atoms with E-state index >= 15 is 0 Å². The maximum absolute atomic E-state index is 14.2. The summed E-state index contributed by atoms with van der Waals surface area (Å²) in [5, 5.41) is 0. The highest BCUT2D eigenvalue weighted by Gasteiger charge is 2.57. The molecule has 0 saturated carbocycles. The quantitative estimate of drug-likeness (QED) is 0.394. The van der Waals surface area contributed by atoms with Crippen LogP contribution in [-0.2, 0) is 24.6 Å². The second kappa shape index (κ2) is 9.55. The number of benzene rings is 2. The van der Waals surface area contributed by atoms with E-state index in [1.54, 1.807) is 45.0 Å². The lowest BCUT2D eigenvalue weighted by molar-refractivity contribution is -0.956. The Bertz CT molecular complexity index is 1020. The van der Waals surface area contributed by atoms with Gasteiger partial charge in [0.1, 0.15) is 11.7 Å². The summed E-state index contributed by atoms with van der Waals surface area (Å²) in [5.74, 6) is -0.565. The van der Waals surface area contributed by atoms with E-state index in [0.29, 0.717) is 23.2 Å². The van der Waals surface area contributed by atoms with Crippen LogP contribution in [0, 0.1) is 0 Å². The van der Waals surface area contributed by atoms with Crippen molar-refractivity contribution in [3.63, 3.8) is 0 Å². The number of esters is 1. The third kappa shape index (κ3) is 4.52. The van der Waals surface area contributed by atoms with Gasteiger partial charge in [-0.15, -0.1) is 0 Å². The van der Waals surface area contributed by atoms with E-state index < -0.39 is 23.3 Å². The normalized spacial score (nSPS) is 24.9. The number of piperidine rings is 1. The van der Waals surface area contributed by atoms with Crippen LogP contribution >= 0.6 is 0 Å². The van der Waals surface area contributed by atoms with Gasteiger partial charge in [0.2, 0.25) is 0 Å². The van der Waals surface area contributed by atoms with Crippen LogP contribution in [0.4, 0.5) is 4.79 Å². The fourth-order valence-corrected chi connectivity index (χ4v) is 6.84. The number of nitrogens with zero attached hydrogens (tertiary/aromatic N) is 1. The molecule has 36 heavy (non-hydrogen) atoms. The van der Waals surface area contributed by atoms with Crippen LogP contribution in [0.1, 0.15) is 70.4 Å². The molecule has 3 heterocycles. The molecule has 3 aliphatic heterocycles. The lowest BCUT2D eigenvalue weighted by Crippen LogP contribution is -2.60. The third-order valence-corrected chi connectivity index (χ3v) is 8.30. The molecule has 2 atom stereocenters. The van der Waals surface area contributed by atoms with Gasteiger partial charge in [-0.1, -0.05) is 60.7 Å². The van der Waals surface area contributed by atoms with E-state index in [9.17, 15) is 9.59 Å². The number of carbonyl (C=O) groups excluding carboxylic acids is 2. The van der Waals surface area contributed by atoms with Gasteiger partial charge in [-0.25, -0.2) is 9.59 Å². The molecule has 0 N–H and O–H groups in total. The Balaban J connectivity index is 1.48. The van der Waals surface area contributed by atoms with Gasteiger partial charge in [0.05, 0.1) is 25.2 Å². The first-order chi connectivity index (χ1) is 17.2. The molecule has 0 aliphatic carbocycles. The molecule has 3 fully saturated rings. The Kier molecular flexibility index (Phi) is 6.58. The highest BCUT2D eigenvalue weighted by Crippen LogP contribution is 2.47. The van der Waals surface area contributed by atoms with Gasteiger partial charge in [0, 0.05) is 49.7 Å². The van der Waals surface area contributed by atoms with Crippen molar-refractivity contribution < 1.29 is 28.3 Å². The monoisotopic (exact) mass is 492 g/mol. The summed E-state index contributed by atoms with van der Waals surface area (Å²) in [7, 11) is 0. The van der Waals surface area contributed by atoms with E-state index in [-0.39, 0.29) is 6.10 Å². The minimum absolute atomic E-state index is 0.187. The van der Waals surface area contributed by atoms with Crippen molar-refractivity contribution in [1.29, 1.82) is 0 Å². The zero-order valence-corrected chi connectivity index (χ0v) is 21.7. The Morgan fingerprint density at radius 1 is 0.778 bits per heavy atom. The van der Waals surface area contributed by atoms with Crippen LogP contribution < -0.4 is 0 Å². The highest BCUT2D eigenvalue weighted by molar-refractivity contribution is 5.88. The number of quaternary nitrogens is 1. The fraction of sp³-hybridized carbons (Fsp3) is 0.533. The minimum Gasteiger partial charge on any atom is -0.458 e. The van der Waals surface area contributed by atoms with Crippen LogP contribution in [0.2, 0.25) is 0 Å². The van der Waals surface area contributed by atoms with Crippen LogP contribution in [0.15, 0.2) is 60.7 Å². The zero-order chi connectivity index (χ0) is 25.4. The van der Waals surface area contributed by atoms with E-state index in [0.717, 1.165) is 12.8 Å². The molecular weight excluding hydrogens is 454 g/mol. The van der Waals surface area contributed by atoms with Gasteiger partial charge in [-0.3, -0.25) is 0 Å². The number of hydrogen-bond donors (Lipinski definition) is 0. The zero-order valence-electron chi connectivity index (χ0n) is 21.7. The largest absolute Gasteiger partial charge is 0.510 e. The second-order valence-electron chi connectivity index (χ2n) is 11.6. The topological polar surface area (TPSA) is 61.8 Å². The van der Waals surface area contributed by atoms with Crippen LogP contribution in [0.3, 0.4) is 0 Å². The summed E-state index contributed by atoms with van der Waals surface area (Å²) >= 11 is 0. The van der Waals surface area contributed by atoms with Gasteiger partial charge in [-0.2, -0.15) is 0 Å². The standard InChI is InChI=1S/C30H38NO5/c1-29(2,3)35-28(33)36-30(22-12-6-4-7-13-22,23-14-8-5-9-15-23)27(32)34-26-20-24-16-17-25(21-26)31(24)18-10-11-19-31/h4-9,12-15,24-26H,10-11,16-21H2,1-3H3/q+1. The maximum Gasteiger partial charge on any atom is 0.510 e. The Morgan fingerprint density at radius 3 is 1.75 bits per heavy atom. The minimum atomic E-state index is -1.76. The van der Waals surface area contributed by atoms with Crippen molar-refractivity contribution >= 4 is 12.1 Å². The van der Waals surface area contributed by atoms with Crippen LogP contribution in [-0.4, -0.2) is 53.5 Å². The summed E-state index contributed by atoms with van der Waals surface area (Å²) < 4.78 is 19.1. The van der Waals surface area contributed by atoms with E-state index in [2.05, 4.69) is 0 Å². The summed E-state index contributed by atoms with van der Waals surface area (Å²) in [5.41, 5.74) is -1.46. The molecule has 1 spiro atoms. The molecule has 3 aliphatic rings. The van der Waals surface area contributed by atoms with Gasteiger partial charge < -0.3 is 18.7 Å². The third-order valence-electron chi connectivity index (χ3n) is 8.30. The number of ether oxygens (including phenoxy) is 3. The van der Waals surface area contributed by atoms with Crippen molar-refractivity contribution in [2.45, 2.75) is 88.7 Å². The number of rotatable bonds is 5. The van der Waals surface area contributed by atoms with Gasteiger partial charge in [0.25, 0.3) is 5.60 Å². The molecule has 2 aromatic carbocycles. The summed E-state index contributed by atoms with van der Waals surface area (Å²) in [4.78, 5) is 27.3. The Labute approximate surface area is 214 Å². The van der Waals surface area contributed by atoms with Gasteiger partial charge in [0.15, 0.2) is 0 Å². The summed E-state index contributed by atoms with van der Waals surface area (Å²) in [6.07, 6.45) is 5.65. The maximum atomic E-state index is 14.2. The number of hydrogen-bond acceptors (Lipinski definition) is 5. The first kappa shape index (κ1) is 24.8. The molecule has 192 valence electrons. The average Bonchev–Trinajstić information content (AvgIpc) is 3.39. The Morgan fingerprint density at radius 2 is 1.28 bits per heavy atom. The number of carbonyl (C=O) groups is 2. The fourth-order valence-electron chi connectivity index (χ4n) is 6.84.